The number of piperazine rings is 1. The van der Waals surface area contributed by atoms with E-state index < -0.39 is 0 Å². The van der Waals surface area contributed by atoms with Crippen LogP contribution in [0, 0.1) is 5.92 Å². The Morgan fingerprint density at radius 2 is 1.95 bits per heavy atom. The number of rotatable bonds is 7. The van der Waals surface area contributed by atoms with Crippen LogP contribution in [-0.2, 0) is 4.74 Å². The maximum Gasteiger partial charge on any atom is 0.317 e. The lowest BCUT2D eigenvalue weighted by Gasteiger charge is -2.35. The zero-order chi connectivity index (χ0) is 14.1. The Balaban J connectivity index is 2.12. The van der Waals surface area contributed by atoms with Gasteiger partial charge in [0.1, 0.15) is 0 Å². The highest BCUT2D eigenvalue weighted by atomic mass is 16.5. The molecule has 0 aromatic carbocycles. The molecule has 0 aromatic heterocycles. The first-order chi connectivity index (χ1) is 9.13. The number of ether oxygens (including phenoxy) is 1. The number of nitrogens with zero attached hydrogens (tertiary/aromatic N) is 2. The largest absolute Gasteiger partial charge is 0.385 e. The minimum atomic E-state index is 0.0691. The van der Waals surface area contributed by atoms with Crippen LogP contribution in [0.1, 0.15) is 26.7 Å². The highest BCUT2D eigenvalue weighted by molar-refractivity contribution is 5.74. The zero-order valence-corrected chi connectivity index (χ0v) is 12.7. The first-order valence-corrected chi connectivity index (χ1v) is 7.37. The van der Waals surface area contributed by atoms with Gasteiger partial charge in [-0.25, -0.2) is 4.79 Å². The molecule has 0 spiro atoms. The number of carbonyl (C=O) groups excluding carboxylic acids is 1. The Morgan fingerprint density at radius 3 is 2.53 bits per heavy atom. The van der Waals surface area contributed by atoms with E-state index in [1.807, 2.05) is 4.90 Å². The number of hydrogen-bond donors (Lipinski definition) is 1. The summed E-state index contributed by atoms with van der Waals surface area (Å²) in [7, 11) is 1.68. The van der Waals surface area contributed by atoms with Crippen LogP contribution in [0.2, 0.25) is 0 Å². The molecule has 112 valence electrons. The summed E-state index contributed by atoms with van der Waals surface area (Å²) in [6, 6.07) is 0.0691. The average Bonchev–Trinajstić information content (AvgIpc) is 2.41. The number of hydrogen-bond acceptors (Lipinski definition) is 3. The zero-order valence-electron chi connectivity index (χ0n) is 12.7. The number of carbonyl (C=O) groups is 1. The Kier molecular flexibility index (Phi) is 7.82. The van der Waals surface area contributed by atoms with Gasteiger partial charge in [0.25, 0.3) is 0 Å². The molecule has 0 aromatic rings. The van der Waals surface area contributed by atoms with Gasteiger partial charge in [-0.3, -0.25) is 4.90 Å². The smallest absolute Gasteiger partial charge is 0.317 e. The van der Waals surface area contributed by atoms with Crippen LogP contribution in [0.25, 0.3) is 0 Å². The normalized spacial score (nSPS) is 16.9. The third kappa shape index (κ3) is 6.78. The van der Waals surface area contributed by atoms with E-state index in [1.54, 1.807) is 7.11 Å². The van der Waals surface area contributed by atoms with Crippen molar-refractivity contribution in [3.63, 3.8) is 0 Å². The summed E-state index contributed by atoms with van der Waals surface area (Å²) >= 11 is 0. The van der Waals surface area contributed by atoms with Gasteiger partial charge in [-0.05, 0) is 25.3 Å². The molecule has 0 atom stereocenters. The van der Waals surface area contributed by atoms with Crippen molar-refractivity contribution in [2.24, 2.45) is 5.92 Å². The maximum absolute atomic E-state index is 11.9. The molecule has 0 bridgehead atoms. The summed E-state index contributed by atoms with van der Waals surface area (Å²) in [5, 5.41) is 2.94. The van der Waals surface area contributed by atoms with Crippen LogP contribution in [0.15, 0.2) is 0 Å². The maximum atomic E-state index is 11.9. The van der Waals surface area contributed by atoms with E-state index in [0.29, 0.717) is 13.2 Å². The van der Waals surface area contributed by atoms with Crippen molar-refractivity contribution in [2.45, 2.75) is 26.7 Å². The average molecular weight is 271 g/mol. The van der Waals surface area contributed by atoms with Crippen molar-refractivity contribution in [3.8, 4) is 0 Å². The molecule has 1 N–H and O–H groups in total. The molecule has 0 radical (unpaired) electrons. The quantitative estimate of drug-likeness (QED) is 0.712. The minimum Gasteiger partial charge on any atom is -0.385 e. The van der Waals surface area contributed by atoms with E-state index in [4.69, 9.17) is 4.74 Å². The van der Waals surface area contributed by atoms with Crippen LogP contribution in [-0.4, -0.2) is 68.8 Å². The topological polar surface area (TPSA) is 44.8 Å². The summed E-state index contributed by atoms with van der Waals surface area (Å²) < 4.78 is 4.96. The van der Waals surface area contributed by atoms with Gasteiger partial charge >= 0.3 is 6.03 Å². The number of amides is 2. The van der Waals surface area contributed by atoms with Gasteiger partial charge in [0.05, 0.1) is 0 Å². The summed E-state index contributed by atoms with van der Waals surface area (Å²) in [6.07, 6.45) is 2.11. The molecule has 5 nitrogen and oxygen atoms in total. The Bertz CT molecular complexity index is 251. The molecule has 1 heterocycles. The SMILES string of the molecule is COCCCNC(=O)N1CCN(CCC(C)C)CC1. The van der Waals surface area contributed by atoms with Gasteiger partial charge in [-0.15, -0.1) is 0 Å². The lowest BCUT2D eigenvalue weighted by Crippen LogP contribution is -2.52. The van der Waals surface area contributed by atoms with E-state index in [9.17, 15) is 4.79 Å². The van der Waals surface area contributed by atoms with Crippen molar-refractivity contribution in [1.82, 2.24) is 15.1 Å². The lowest BCUT2D eigenvalue weighted by molar-refractivity contribution is 0.135. The van der Waals surface area contributed by atoms with Crippen LogP contribution in [0.4, 0.5) is 4.79 Å². The summed E-state index contributed by atoms with van der Waals surface area (Å²) in [4.78, 5) is 16.3. The summed E-state index contributed by atoms with van der Waals surface area (Å²) in [5.74, 6) is 0.752. The second-order valence-electron chi connectivity index (χ2n) is 5.59. The fraction of sp³-hybridized carbons (Fsp3) is 0.929. The third-order valence-electron chi connectivity index (χ3n) is 3.48. The molecule has 19 heavy (non-hydrogen) atoms. The van der Waals surface area contributed by atoms with Gasteiger partial charge in [0, 0.05) is 46.4 Å². The molecule has 1 aliphatic heterocycles. The minimum absolute atomic E-state index is 0.0691. The van der Waals surface area contributed by atoms with Gasteiger partial charge in [-0.2, -0.15) is 0 Å². The summed E-state index contributed by atoms with van der Waals surface area (Å²) in [6.45, 7) is 10.7. The van der Waals surface area contributed by atoms with Crippen LogP contribution in [0.3, 0.4) is 0 Å². The third-order valence-corrected chi connectivity index (χ3v) is 3.48. The lowest BCUT2D eigenvalue weighted by atomic mass is 10.1. The van der Waals surface area contributed by atoms with Crippen molar-refractivity contribution in [1.29, 1.82) is 0 Å². The first-order valence-electron chi connectivity index (χ1n) is 7.37. The van der Waals surface area contributed by atoms with Crippen LogP contribution in [0.5, 0.6) is 0 Å². The highest BCUT2D eigenvalue weighted by Crippen LogP contribution is 2.06. The van der Waals surface area contributed by atoms with E-state index >= 15 is 0 Å². The highest BCUT2D eigenvalue weighted by Gasteiger charge is 2.20. The molecule has 2 amide bonds. The second kappa shape index (κ2) is 9.15. The van der Waals surface area contributed by atoms with Gasteiger partial charge in [0.15, 0.2) is 0 Å². The van der Waals surface area contributed by atoms with Crippen molar-refractivity contribution in [3.05, 3.63) is 0 Å². The molecule has 5 heteroatoms. The molecular formula is C14H29N3O2. The number of nitrogens with one attached hydrogen (secondary N) is 1. The Hall–Kier alpha value is -0.810. The molecule has 0 aliphatic carbocycles. The van der Waals surface area contributed by atoms with E-state index in [0.717, 1.165) is 45.1 Å². The predicted octanol–water partition coefficient (Wildman–Crippen LogP) is 1.40. The van der Waals surface area contributed by atoms with Gasteiger partial charge < -0.3 is 15.0 Å². The molecular weight excluding hydrogens is 242 g/mol. The monoisotopic (exact) mass is 271 g/mol. The molecule has 0 saturated carbocycles. The Morgan fingerprint density at radius 1 is 1.26 bits per heavy atom. The number of methoxy groups -OCH3 is 1. The molecule has 1 saturated heterocycles. The van der Waals surface area contributed by atoms with Gasteiger partial charge in [0.2, 0.25) is 0 Å². The second-order valence-corrected chi connectivity index (χ2v) is 5.59. The van der Waals surface area contributed by atoms with E-state index in [2.05, 4.69) is 24.1 Å². The van der Waals surface area contributed by atoms with Crippen molar-refractivity contribution in [2.75, 3.05) is 53.0 Å². The fourth-order valence-corrected chi connectivity index (χ4v) is 2.14. The van der Waals surface area contributed by atoms with Gasteiger partial charge in [-0.1, -0.05) is 13.8 Å². The Labute approximate surface area is 117 Å². The fourth-order valence-electron chi connectivity index (χ4n) is 2.14. The molecule has 1 aliphatic rings. The molecule has 0 unspecified atom stereocenters. The standard InChI is InChI=1S/C14H29N3O2/c1-13(2)5-7-16-8-10-17(11-9-16)14(18)15-6-4-12-19-3/h13H,4-12H2,1-3H3,(H,15,18). The molecule has 1 fully saturated rings. The van der Waals surface area contributed by atoms with E-state index in [-0.39, 0.29) is 6.03 Å². The van der Waals surface area contributed by atoms with Crippen LogP contribution < -0.4 is 5.32 Å². The predicted molar refractivity (Wildman–Crippen MR) is 77.4 cm³/mol. The first kappa shape index (κ1) is 16.2. The van der Waals surface area contributed by atoms with Crippen LogP contribution >= 0.6 is 0 Å². The number of urea groups is 1. The van der Waals surface area contributed by atoms with Crippen molar-refractivity contribution >= 4 is 6.03 Å². The molecule has 1 rings (SSSR count). The van der Waals surface area contributed by atoms with Crippen molar-refractivity contribution < 1.29 is 9.53 Å². The summed E-state index contributed by atoms with van der Waals surface area (Å²) in [5.41, 5.74) is 0. The van der Waals surface area contributed by atoms with E-state index in [1.165, 1.54) is 6.42 Å².